The molecule has 1 fully saturated rings. The molecule has 0 saturated heterocycles. The fourth-order valence-corrected chi connectivity index (χ4v) is 9.47. The summed E-state index contributed by atoms with van der Waals surface area (Å²) in [5, 5.41) is 37.5. The monoisotopic (exact) mass is 752 g/mol. The van der Waals surface area contributed by atoms with E-state index in [1.165, 1.54) is 0 Å². The number of aryl methyl sites for hydroxylation is 1. The Bertz CT molecular complexity index is 2360. The third-order valence-electron chi connectivity index (χ3n) is 12.6. The van der Waals surface area contributed by atoms with Gasteiger partial charge in [-0.05, 0) is 89.4 Å². The van der Waals surface area contributed by atoms with Gasteiger partial charge in [0.1, 0.15) is 24.2 Å². The lowest BCUT2D eigenvalue weighted by atomic mass is 9.73. The van der Waals surface area contributed by atoms with Crippen molar-refractivity contribution in [3.8, 4) is 35.4 Å². The molecule has 8 unspecified atom stereocenters. The Balaban J connectivity index is 1.07. The van der Waals surface area contributed by atoms with E-state index >= 15 is 0 Å². The quantitative estimate of drug-likeness (QED) is 0.102. The number of aromatic nitrogens is 2. The Morgan fingerprint density at radius 2 is 1.93 bits per heavy atom. The van der Waals surface area contributed by atoms with Crippen LogP contribution in [0.5, 0.6) is 11.5 Å². The van der Waals surface area contributed by atoms with Crippen molar-refractivity contribution in [3.05, 3.63) is 101 Å². The second kappa shape index (κ2) is 14.7. The van der Waals surface area contributed by atoms with E-state index in [1.54, 1.807) is 0 Å². The van der Waals surface area contributed by atoms with Crippen LogP contribution in [-0.4, -0.2) is 42.9 Å². The topological polar surface area (TPSA) is 155 Å². The van der Waals surface area contributed by atoms with Gasteiger partial charge in [0.25, 0.3) is 0 Å². The molecular formula is C46H48N4O6. The number of aromatic amines is 1. The van der Waals surface area contributed by atoms with Crippen LogP contribution in [0.4, 0.5) is 0 Å². The number of rotatable bonds is 6. The van der Waals surface area contributed by atoms with Gasteiger partial charge in [0.2, 0.25) is 0 Å². The van der Waals surface area contributed by atoms with Gasteiger partial charge in [0.15, 0.2) is 17.7 Å². The van der Waals surface area contributed by atoms with Crippen molar-refractivity contribution < 1.29 is 29.6 Å². The van der Waals surface area contributed by atoms with E-state index in [0.29, 0.717) is 30.8 Å². The summed E-state index contributed by atoms with van der Waals surface area (Å²) in [5.41, 5.74) is 12.5. The van der Waals surface area contributed by atoms with Crippen LogP contribution in [0.1, 0.15) is 104 Å². The van der Waals surface area contributed by atoms with Gasteiger partial charge in [-0.2, -0.15) is 0 Å². The molecule has 0 radical (unpaired) electrons. The van der Waals surface area contributed by atoms with Crippen LogP contribution < -0.4 is 20.5 Å². The zero-order chi connectivity index (χ0) is 38.6. The highest BCUT2D eigenvalue weighted by atomic mass is 16.5. The molecule has 56 heavy (non-hydrogen) atoms. The van der Waals surface area contributed by atoms with Crippen molar-refractivity contribution >= 4 is 22.8 Å². The number of benzene rings is 2. The van der Waals surface area contributed by atoms with Crippen molar-refractivity contribution in [2.24, 2.45) is 28.9 Å². The van der Waals surface area contributed by atoms with Crippen LogP contribution in [-0.2, 0) is 17.6 Å². The zero-order valence-corrected chi connectivity index (χ0v) is 31.5. The molecule has 9 rings (SSSR count). The first kappa shape index (κ1) is 36.4. The number of Topliss-reactive ketones (excluding diaryl/α,β-unsaturated/α-hetero) is 1. The van der Waals surface area contributed by atoms with Gasteiger partial charge in [0, 0.05) is 49.2 Å². The van der Waals surface area contributed by atoms with E-state index in [0.717, 1.165) is 70.0 Å². The molecule has 8 atom stereocenters. The summed E-state index contributed by atoms with van der Waals surface area (Å²) in [6.07, 6.45) is 18.7. The number of nitrogens with one attached hydrogen (secondary N) is 2. The summed E-state index contributed by atoms with van der Waals surface area (Å²) < 4.78 is 15.3. The maximum atomic E-state index is 13.1. The molecule has 10 heteroatoms. The first-order valence-electron chi connectivity index (χ1n) is 19.9. The van der Waals surface area contributed by atoms with Crippen molar-refractivity contribution in [1.82, 2.24) is 14.9 Å². The molecule has 0 amide bonds. The van der Waals surface area contributed by atoms with Crippen LogP contribution in [0, 0.1) is 47.0 Å². The van der Waals surface area contributed by atoms with Crippen molar-refractivity contribution in [2.75, 3.05) is 0 Å². The second-order valence-corrected chi connectivity index (χ2v) is 16.3. The predicted molar refractivity (Wildman–Crippen MR) is 213 cm³/mol. The fraction of sp³-hybridized carbons (Fsp3) is 0.413. The molecule has 2 aliphatic carbocycles. The number of hydrogen-bond donors (Lipinski definition) is 6. The number of aliphatic hydroxyl groups is 3. The van der Waals surface area contributed by atoms with E-state index in [9.17, 15) is 20.1 Å². The van der Waals surface area contributed by atoms with Gasteiger partial charge in [-0.15, -0.1) is 0 Å². The van der Waals surface area contributed by atoms with Crippen LogP contribution in [0.2, 0.25) is 0 Å². The van der Waals surface area contributed by atoms with Gasteiger partial charge in [-0.1, -0.05) is 67.9 Å². The second-order valence-electron chi connectivity index (χ2n) is 16.3. The number of aliphatic hydroxyl groups excluding tert-OH is 3. The molecule has 2 bridgehead atoms. The van der Waals surface area contributed by atoms with E-state index in [2.05, 4.69) is 51.1 Å². The van der Waals surface area contributed by atoms with E-state index in [4.69, 9.17) is 15.2 Å². The Morgan fingerprint density at radius 1 is 1.09 bits per heavy atom. The molecule has 4 aromatic rings. The molecular weight excluding hydrogens is 705 g/mol. The average Bonchev–Trinajstić information content (AvgIpc) is 3.92. The number of allylic oxidation sites excluding steroid dienone is 1. The number of hydrogen-bond acceptors (Lipinski definition) is 8. The van der Waals surface area contributed by atoms with E-state index < -0.39 is 41.8 Å². The summed E-state index contributed by atoms with van der Waals surface area (Å²) >= 11 is 0. The largest absolute Gasteiger partial charge is 0.465 e. The maximum Gasteiger partial charge on any atom is 0.191 e. The number of ether oxygens (including phenoxy) is 2. The Morgan fingerprint density at radius 3 is 2.77 bits per heavy atom. The van der Waals surface area contributed by atoms with Gasteiger partial charge in [-0.3, -0.25) is 4.79 Å². The number of fused-ring (bicyclic) bond motifs is 8. The summed E-state index contributed by atoms with van der Waals surface area (Å²) in [6.45, 7) is 2.03. The molecule has 2 aromatic carbocycles. The number of nitrogens with two attached hydrogens (primary N) is 1. The highest BCUT2D eigenvalue weighted by molar-refractivity contribution is 5.84. The van der Waals surface area contributed by atoms with E-state index in [1.807, 2.05) is 67.9 Å². The van der Waals surface area contributed by atoms with Crippen molar-refractivity contribution in [3.63, 3.8) is 0 Å². The molecule has 3 aliphatic heterocycles. The number of nitrogens with zero attached hydrogens (tertiary/aromatic N) is 1. The van der Waals surface area contributed by atoms with Crippen LogP contribution in [0.25, 0.3) is 17.0 Å². The van der Waals surface area contributed by atoms with Gasteiger partial charge >= 0.3 is 0 Å². The fourth-order valence-electron chi connectivity index (χ4n) is 9.47. The summed E-state index contributed by atoms with van der Waals surface area (Å²) in [6, 6.07) is 9.59. The Hall–Kier alpha value is -5.23. The molecule has 7 N–H and O–H groups in total. The Kier molecular flexibility index (Phi) is 9.55. The van der Waals surface area contributed by atoms with Crippen LogP contribution >= 0.6 is 0 Å². The molecule has 5 aliphatic rings. The standard InChI is InChI=1S/C46H48N4O6/c1-27-4-8-34(40(53)20-27)41(54)23-30(51)7-5-28-6-13-42-43(21-28)56-45-37(46(17-19-55-42)15-2-3-16-46)11-12-39(52)32-9-10-33-31(14-18-48-44(33)47)35(32)22-29-24-49-38-26-50(45)25-36(29)38/h4,6,8-10,13-14,18,21,24-27,34,37,39-41,44-45,48-49,52-54H,2-3,5,7,15-16,20,22-23,47H2,1H3. The van der Waals surface area contributed by atoms with Gasteiger partial charge < -0.3 is 45.4 Å². The van der Waals surface area contributed by atoms with Gasteiger partial charge in [0.05, 0.1) is 29.1 Å². The predicted octanol–water partition coefficient (Wildman–Crippen LogP) is 6.08. The third kappa shape index (κ3) is 6.71. The molecule has 2 aromatic heterocycles. The SMILES string of the molecule is CC1C=CC(C(O)CC(=O)CCc2ccc3c(c2)OC2C(C#CC(O)c4ccc5c(c4Cc4c[nH]c6cn2cc46)C=CNC5N)C2(C#CO3)CCCC2)C(O)C1. The number of carbonyl (C=O) groups is 1. The van der Waals surface area contributed by atoms with Crippen molar-refractivity contribution in [1.29, 1.82) is 0 Å². The van der Waals surface area contributed by atoms with E-state index in [-0.39, 0.29) is 30.7 Å². The first-order valence-corrected chi connectivity index (χ1v) is 19.9. The third-order valence-corrected chi connectivity index (χ3v) is 12.6. The van der Waals surface area contributed by atoms with Crippen LogP contribution in [0.3, 0.4) is 0 Å². The summed E-state index contributed by atoms with van der Waals surface area (Å²) in [7, 11) is 0. The number of ketones is 1. The van der Waals surface area contributed by atoms with Gasteiger partial charge in [-0.25, -0.2) is 0 Å². The smallest absolute Gasteiger partial charge is 0.191 e. The summed E-state index contributed by atoms with van der Waals surface area (Å²) in [5.74, 6) is 10.6. The molecule has 1 saturated carbocycles. The average molecular weight is 753 g/mol. The Labute approximate surface area is 326 Å². The minimum atomic E-state index is -1.06. The van der Waals surface area contributed by atoms with Crippen molar-refractivity contribution in [2.45, 2.75) is 95.4 Å². The lowest BCUT2D eigenvalue weighted by molar-refractivity contribution is -0.122. The normalized spacial score (nSPS) is 27.4. The first-order chi connectivity index (χ1) is 27.2. The minimum absolute atomic E-state index is 0.0197. The number of H-pyrrole nitrogens is 1. The minimum Gasteiger partial charge on any atom is -0.465 e. The maximum absolute atomic E-state index is 13.1. The molecule has 1 spiro atoms. The lowest BCUT2D eigenvalue weighted by Crippen LogP contribution is -2.35. The zero-order valence-electron chi connectivity index (χ0n) is 31.5. The summed E-state index contributed by atoms with van der Waals surface area (Å²) in [4.78, 5) is 16.6. The molecule has 10 nitrogen and oxygen atoms in total. The highest BCUT2D eigenvalue weighted by Crippen LogP contribution is 2.50. The molecule has 5 heterocycles. The highest BCUT2D eigenvalue weighted by Gasteiger charge is 2.46. The van der Waals surface area contributed by atoms with Crippen LogP contribution in [0.15, 0.2) is 67.3 Å². The molecule has 288 valence electrons. The number of carbonyl (C=O) groups excluding carboxylic acids is 1. The lowest BCUT2D eigenvalue weighted by Gasteiger charge is -2.35.